The Morgan fingerprint density at radius 1 is 0.611 bits per heavy atom. The van der Waals surface area contributed by atoms with Crippen molar-refractivity contribution in [2.75, 3.05) is 10.6 Å². The van der Waals surface area contributed by atoms with Gasteiger partial charge in [-0.1, -0.05) is 42.0 Å². The second-order valence-corrected chi connectivity index (χ2v) is 9.60. The van der Waals surface area contributed by atoms with Gasteiger partial charge in [-0.25, -0.2) is 0 Å². The number of aromatic hydroxyl groups is 1. The maximum absolute atomic E-state index is 13.8. The summed E-state index contributed by atoms with van der Waals surface area (Å²) < 4.78 is 0. The number of anilines is 4. The largest absolute Gasteiger partial charge is 0.507 e. The lowest BCUT2D eigenvalue weighted by molar-refractivity contribution is 0.0980. The van der Waals surface area contributed by atoms with Crippen LogP contribution in [0.15, 0.2) is 60.7 Å². The van der Waals surface area contributed by atoms with Crippen molar-refractivity contribution < 1.29 is 14.7 Å². The summed E-state index contributed by atoms with van der Waals surface area (Å²) in [5, 5.41) is 17.0. The maximum atomic E-state index is 13.8. The molecule has 3 N–H and O–H groups in total. The third-order valence-electron chi connectivity index (χ3n) is 6.78. The zero-order valence-electron chi connectivity index (χ0n) is 21.0. The molecule has 5 nitrogen and oxygen atoms in total. The second-order valence-electron chi connectivity index (χ2n) is 9.60. The number of aryl methyl sites for hydroxylation is 5. The number of phenolic OH excluding ortho intramolecular Hbond substituents is 1. The van der Waals surface area contributed by atoms with Crippen LogP contribution in [0.5, 0.6) is 5.75 Å². The fourth-order valence-corrected chi connectivity index (χ4v) is 5.13. The van der Waals surface area contributed by atoms with Crippen molar-refractivity contribution in [3.05, 3.63) is 111 Å². The number of hydrogen-bond acceptors (Lipinski definition) is 5. The van der Waals surface area contributed by atoms with Crippen LogP contribution in [0.3, 0.4) is 0 Å². The van der Waals surface area contributed by atoms with E-state index in [1.54, 1.807) is 24.3 Å². The van der Waals surface area contributed by atoms with Gasteiger partial charge < -0.3 is 15.7 Å². The number of nitrogens with one attached hydrogen (secondary N) is 2. The summed E-state index contributed by atoms with van der Waals surface area (Å²) in [5.41, 5.74) is 9.04. The molecule has 0 amide bonds. The number of fused-ring (bicyclic) bond motifs is 2. The lowest BCUT2D eigenvalue weighted by Crippen LogP contribution is -2.23. The first-order valence-electron chi connectivity index (χ1n) is 11.9. The van der Waals surface area contributed by atoms with Gasteiger partial charge in [-0.3, -0.25) is 9.59 Å². The van der Waals surface area contributed by atoms with Gasteiger partial charge in [0.25, 0.3) is 0 Å². The van der Waals surface area contributed by atoms with Crippen molar-refractivity contribution in [3.63, 3.8) is 0 Å². The third-order valence-corrected chi connectivity index (χ3v) is 6.78. The van der Waals surface area contributed by atoms with Crippen LogP contribution in [0.25, 0.3) is 0 Å². The Kier molecular flexibility index (Phi) is 5.64. The summed E-state index contributed by atoms with van der Waals surface area (Å²) in [6.45, 7) is 9.77. The van der Waals surface area contributed by atoms with E-state index in [4.69, 9.17) is 0 Å². The van der Waals surface area contributed by atoms with Gasteiger partial charge in [-0.05, 0) is 81.1 Å². The summed E-state index contributed by atoms with van der Waals surface area (Å²) >= 11 is 0. The molecule has 0 aliphatic heterocycles. The smallest absolute Gasteiger partial charge is 0.196 e. The standard InChI is InChI=1S/C31H28N2O3/c1-16-12-17(2)28(18(3)13-16)33-25-11-10-24(32-21-14-19(4)29(34)20(5)15-21)26-27(25)31(36)23-9-7-6-8-22(23)30(26)35/h6-15,32-34H,1-5H3. The average molecular weight is 477 g/mol. The number of hydrogen-bond donors (Lipinski definition) is 3. The van der Waals surface area contributed by atoms with Crippen LogP contribution in [0.4, 0.5) is 22.7 Å². The van der Waals surface area contributed by atoms with Crippen molar-refractivity contribution in [2.24, 2.45) is 0 Å². The summed E-state index contributed by atoms with van der Waals surface area (Å²) in [6, 6.07) is 18.5. The van der Waals surface area contributed by atoms with E-state index < -0.39 is 0 Å². The van der Waals surface area contributed by atoms with Crippen LogP contribution < -0.4 is 10.6 Å². The van der Waals surface area contributed by atoms with E-state index in [-0.39, 0.29) is 17.3 Å². The quantitative estimate of drug-likeness (QED) is 0.239. The molecule has 0 saturated carbocycles. The molecule has 5 rings (SSSR count). The van der Waals surface area contributed by atoms with Gasteiger partial charge in [0, 0.05) is 22.5 Å². The molecule has 0 saturated heterocycles. The van der Waals surface area contributed by atoms with Crippen LogP contribution in [0.1, 0.15) is 59.7 Å². The average Bonchev–Trinajstić information content (AvgIpc) is 2.83. The lowest BCUT2D eigenvalue weighted by Gasteiger charge is -2.25. The van der Waals surface area contributed by atoms with Gasteiger partial charge in [0.15, 0.2) is 11.6 Å². The number of rotatable bonds is 4. The fraction of sp³-hybridized carbons (Fsp3) is 0.161. The molecular weight excluding hydrogens is 448 g/mol. The molecule has 0 aromatic heterocycles. The topological polar surface area (TPSA) is 78.4 Å². The molecule has 1 aliphatic carbocycles. The van der Waals surface area contributed by atoms with Gasteiger partial charge >= 0.3 is 0 Å². The Hall–Kier alpha value is -4.38. The van der Waals surface area contributed by atoms with Gasteiger partial charge in [0.2, 0.25) is 0 Å². The predicted molar refractivity (Wildman–Crippen MR) is 145 cm³/mol. The first kappa shape index (κ1) is 23.4. The molecule has 0 fully saturated rings. The highest BCUT2D eigenvalue weighted by Gasteiger charge is 2.34. The van der Waals surface area contributed by atoms with Gasteiger partial charge in [-0.15, -0.1) is 0 Å². The molecule has 0 atom stereocenters. The number of carbonyl (C=O) groups excluding carboxylic acids is 2. The summed E-state index contributed by atoms with van der Waals surface area (Å²) in [5.74, 6) is -0.145. The van der Waals surface area contributed by atoms with E-state index in [9.17, 15) is 14.7 Å². The summed E-state index contributed by atoms with van der Waals surface area (Å²) in [6.07, 6.45) is 0. The number of benzene rings is 4. The van der Waals surface area contributed by atoms with E-state index in [0.717, 1.165) is 39.2 Å². The Labute approximate surface area is 210 Å². The van der Waals surface area contributed by atoms with Crippen molar-refractivity contribution in [1.29, 1.82) is 0 Å². The van der Waals surface area contributed by atoms with Crippen molar-refractivity contribution in [2.45, 2.75) is 34.6 Å². The molecule has 4 aromatic rings. The van der Waals surface area contributed by atoms with Crippen LogP contribution >= 0.6 is 0 Å². The Balaban J connectivity index is 1.69. The molecule has 4 aromatic carbocycles. The minimum absolute atomic E-state index is 0.188. The molecule has 180 valence electrons. The summed E-state index contributed by atoms with van der Waals surface area (Å²) in [4.78, 5) is 27.6. The first-order valence-corrected chi connectivity index (χ1v) is 11.9. The maximum Gasteiger partial charge on any atom is 0.196 e. The second kappa shape index (κ2) is 8.68. The predicted octanol–water partition coefficient (Wildman–Crippen LogP) is 7.20. The van der Waals surface area contributed by atoms with E-state index in [2.05, 4.69) is 29.7 Å². The lowest BCUT2D eigenvalue weighted by atomic mass is 9.82. The zero-order valence-corrected chi connectivity index (χ0v) is 21.0. The van der Waals surface area contributed by atoms with Crippen molar-refractivity contribution in [3.8, 4) is 5.75 Å². The zero-order chi connectivity index (χ0) is 25.7. The van der Waals surface area contributed by atoms with Crippen molar-refractivity contribution >= 4 is 34.3 Å². The van der Waals surface area contributed by atoms with E-state index in [1.165, 1.54) is 0 Å². The van der Waals surface area contributed by atoms with E-state index >= 15 is 0 Å². The van der Waals surface area contributed by atoms with Gasteiger partial charge in [0.05, 0.1) is 22.5 Å². The molecular formula is C31H28N2O3. The van der Waals surface area contributed by atoms with Gasteiger partial charge in [0.1, 0.15) is 5.75 Å². The molecule has 0 heterocycles. The number of phenols is 1. The van der Waals surface area contributed by atoms with E-state index in [1.807, 2.05) is 52.0 Å². The molecule has 0 bridgehead atoms. The number of carbonyl (C=O) groups is 2. The van der Waals surface area contributed by atoms with Crippen LogP contribution in [-0.4, -0.2) is 16.7 Å². The highest BCUT2D eigenvalue weighted by Crippen LogP contribution is 2.40. The molecule has 36 heavy (non-hydrogen) atoms. The Morgan fingerprint density at radius 3 is 1.58 bits per heavy atom. The van der Waals surface area contributed by atoms with Gasteiger partial charge in [-0.2, -0.15) is 0 Å². The highest BCUT2D eigenvalue weighted by molar-refractivity contribution is 6.32. The monoisotopic (exact) mass is 476 g/mol. The molecule has 1 aliphatic rings. The normalized spacial score (nSPS) is 12.2. The van der Waals surface area contributed by atoms with Crippen LogP contribution in [0, 0.1) is 34.6 Å². The third kappa shape index (κ3) is 3.83. The highest BCUT2D eigenvalue weighted by atomic mass is 16.3. The minimum Gasteiger partial charge on any atom is -0.507 e. The minimum atomic E-state index is -0.198. The van der Waals surface area contributed by atoms with Crippen LogP contribution in [0.2, 0.25) is 0 Å². The molecule has 5 heteroatoms. The molecule has 0 spiro atoms. The van der Waals surface area contributed by atoms with Crippen molar-refractivity contribution in [1.82, 2.24) is 0 Å². The number of ketones is 2. The summed E-state index contributed by atoms with van der Waals surface area (Å²) in [7, 11) is 0. The molecule has 0 radical (unpaired) electrons. The SMILES string of the molecule is Cc1cc(C)c(Nc2ccc(Nc3cc(C)c(O)c(C)c3)c3c2C(=O)c2ccccc2C3=O)c(C)c1. The fourth-order valence-electron chi connectivity index (χ4n) is 5.13. The van der Waals surface area contributed by atoms with E-state index in [0.29, 0.717) is 33.6 Å². The first-order chi connectivity index (χ1) is 17.2. The molecule has 0 unspecified atom stereocenters. The Bertz CT molecular complexity index is 1540. The Morgan fingerprint density at radius 2 is 1.08 bits per heavy atom. The van der Waals surface area contributed by atoms with Crippen LogP contribution in [-0.2, 0) is 0 Å².